The van der Waals surface area contributed by atoms with Crippen molar-refractivity contribution in [2.24, 2.45) is 10.8 Å². The maximum atomic E-state index is 10.9. The lowest BCUT2D eigenvalue weighted by molar-refractivity contribution is -0.137. The maximum absolute atomic E-state index is 10.9. The lowest BCUT2D eigenvalue weighted by Crippen LogP contribution is -2.33. The quantitative estimate of drug-likeness (QED) is 0.438. The van der Waals surface area contributed by atoms with Gasteiger partial charge in [0.25, 0.3) is 0 Å². The van der Waals surface area contributed by atoms with Gasteiger partial charge < -0.3 is 5.73 Å². The van der Waals surface area contributed by atoms with E-state index in [1.807, 2.05) is 37.3 Å². The minimum Gasteiger partial charge on any atom is -0.361 e. The first-order valence-electron chi connectivity index (χ1n) is 4.87. The highest BCUT2D eigenvalue weighted by Crippen LogP contribution is 2.03. The van der Waals surface area contributed by atoms with Gasteiger partial charge in [-0.1, -0.05) is 37.3 Å². The molecule has 16 heavy (non-hydrogen) atoms. The molecule has 0 saturated heterocycles. The second-order valence-electron chi connectivity index (χ2n) is 3.08. The van der Waals surface area contributed by atoms with Crippen molar-refractivity contribution in [3.05, 3.63) is 35.9 Å². The van der Waals surface area contributed by atoms with E-state index < -0.39 is 11.8 Å². The molecule has 0 bridgehead atoms. The second-order valence-corrected chi connectivity index (χ2v) is 3.08. The Bertz CT molecular complexity index is 412. The van der Waals surface area contributed by atoms with Crippen LogP contribution in [0.1, 0.15) is 18.9 Å². The molecule has 0 spiro atoms. The van der Waals surface area contributed by atoms with Gasteiger partial charge in [-0.2, -0.15) is 5.10 Å². The number of nitrogens with one attached hydrogen (secondary N) is 1. The molecule has 0 atom stereocenters. The molecule has 1 aromatic rings. The van der Waals surface area contributed by atoms with Gasteiger partial charge in [-0.05, 0) is 12.0 Å². The highest BCUT2D eigenvalue weighted by molar-refractivity contribution is 6.34. The Hall–Kier alpha value is -2.17. The first-order valence-corrected chi connectivity index (χ1v) is 4.87. The fourth-order valence-corrected chi connectivity index (χ4v) is 1.15. The van der Waals surface area contributed by atoms with E-state index in [1.165, 1.54) is 0 Å². The van der Waals surface area contributed by atoms with E-state index in [2.05, 4.69) is 10.5 Å². The zero-order valence-electron chi connectivity index (χ0n) is 8.93. The van der Waals surface area contributed by atoms with Crippen LogP contribution in [-0.2, 0) is 9.59 Å². The highest BCUT2D eigenvalue weighted by atomic mass is 16.2. The van der Waals surface area contributed by atoms with Gasteiger partial charge in [0.15, 0.2) is 0 Å². The van der Waals surface area contributed by atoms with Gasteiger partial charge in [-0.15, -0.1) is 0 Å². The Labute approximate surface area is 93.3 Å². The summed E-state index contributed by atoms with van der Waals surface area (Å²) >= 11 is 0. The maximum Gasteiger partial charge on any atom is 0.329 e. The number of hydrazone groups is 1. The van der Waals surface area contributed by atoms with E-state index in [0.717, 1.165) is 5.56 Å². The number of nitrogens with zero attached hydrogens (tertiary/aromatic N) is 1. The van der Waals surface area contributed by atoms with E-state index in [-0.39, 0.29) is 0 Å². The molecule has 0 saturated carbocycles. The number of hydrogen-bond acceptors (Lipinski definition) is 3. The predicted molar refractivity (Wildman–Crippen MR) is 60.6 cm³/mol. The molecule has 84 valence electrons. The fourth-order valence-electron chi connectivity index (χ4n) is 1.15. The van der Waals surface area contributed by atoms with Crippen LogP contribution < -0.4 is 11.2 Å². The summed E-state index contributed by atoms with van der Waals surface area (Å²) in [4.78, 5) is 21.4. The lowest BCUT2D eigenvalue weighted by Gasteiger charge is -2.03. The Kier molecular flexibility index (Phi) is 4.20. The third-order valence-corrected chi connectivity index (χ3v) is 1.96. The zero-order valence-corrected chi connectivity index (χ0v) is 8.93. The van der Waals surface area contributed by atoms with Crippen molar-refractivity contribution in [3.8, 4) is 0 Å². The molecule has 0 aliphatic carbocycles. The van der Waals surface area contributed by atoms with Gasteiger partial charge in [-0.25, -0.2) is 5.43 Å². The molecule has 0 heterocycles. The number of amides is 2. The van der Waals surface area contributed by atoms with Crippen molar-refractivity contribution in [2.45, 2.75) is 13.3 Å². The van der Waals surface area contributed by atoms with Crippen LogP contribution in [-0.4, -0.2) is 17.5 Å². The summed E-state index contributed by atoms with van der Waals surface area (Å²) < 4.78 is 0. The molecule has 3 N–H and O–H groups in total. The summed E-state index contributed by atoms with van der Waals surface area (Å²) in [6.07, 6.45) is 0.642. The molecule has 1 rings (SSSR count). The Balaban J connectivity index is 2.79. The molecule has 0 unspecified atom stereocenters. The molecule has 0 aliphatic heterocycles. The van der Waals surface area contributed by atoms with Crippen LogP contribution in [0.3, 0.4) is 0 Å². The monoisotopic (exact) mass is 219 g/mol. The zero-order chi connectivity index (χ0) is 12.0. The molecule has 0 aromatic heterocycles. The molecule has 0 aliphatic rings. The van der Waals surface area contributed by atoms with E-state index >= 15 is 0 Å². The van der Waals surface area contributed by atoms with Crippen LogP contribution in [0.5, 0.6) is 0 Å². The number of carbonyl (C=O) groups excluding carboxylic acids is 2. The average molecular weight is 219 g/mol. The minimum atomic E-state index is -1.05. The van der Waals surface area contributed by atoms with Crippen molar-refractivity contribution in [2.75, 3.05) is 0 Å². The minimum absolute atomic E-state index is 0.642. The standard InChI is InChI=1S/C11H13N3O2/c1-2-9(8-6-4-3-5-7-8)13-14-11(16)10(12)15/h3-7H,2H2,1H3,(H2,12,15)(H,14,16)/b13-9-. The third kappa shape index (κ3) is 3.20. The summed E-state index contributed by atoms with van der Waals surface area (Å²) in [7, 11) is 0. The summed E-state index contributed by atoms with van der Waals surface area (Å²) in [5.41, 5.74) is 8.48. The fraction of sp³-hybridized carbons (Fsp3) is 0.182. The van der Waals surface area contributed by atoms with E-state index in [4.69, 9.17) is 5.73 Å². The summed E-state index contributed by atoms with van der Waals surface area (Å²) in [6, 6.07) is 9.38. The third-order valence-electron chi connectivity index (χ3n) is 1.96. The molecule has 0 radical (unpaired) electrons. The van der Waals surface area contributed by atoms with Crippen LogP contribution in [0, 0.1) is 0 Å². The lowest BCUT2D eigenvalue weighted by atomic mass is 10.1. The Morgan fingerprint density at radius 3 is 2.44 bits per heavy atom. The van der Waals surface area contributed by atoms with E-state index in [0.29, 0.717) is 12.1 Å². The van der Waals surface area contributed by atoms with E-state index in [9.17, 15) is 9.59 Å². The number of primary amides is 1. The summed E-state index contributed by atoms with van der Waals surface area (Å²) in [5.74, 6) is -1.96. The molecular formula is C11H13N3O2. The van der Waals surface area contributed by atoms with Crippen LogP contribution in [0.2, 0.25) is 0 Å². The molecule has 1 aromatic carbocycles. The number of benzene rings is 1. The molecule has 0 fully saturated rings. The summed E-state index contributed by atoms with van der Waals surface area (Å²) in [6.45, 7) is 1.91. The van der Waals surface area contributed by atoms with Gasteiger partial charge in [0.05, 0.1) is 5.71 Å². The van der Waals surface area contributed by atoms with Gasteiger partial charge in [-0.3, -0.25) is 9.59 Å². The van der Waals surface area contributed by atoms with Crippen molar-refractivity contribution < 1.29 is 9.59 Å². The van der Waals surface area contributed by atoms with Gasteiger partial charge >= 0.3 is 11.8 Å². The predicted octanol–water partition coefficient (Wildman–Crippen LogP) is 0.402. The summed E-state index contributed by atoms with van der Waals surface area (Å²) in [5, 5.41) is 3.85. The second kappa shape index (κ2) is 5.65. The van der Waals surface area contributed by atoms with Gasteiger partial charge in [0.1, 0.15) is 0 Å². The topological polar surface area (TPSA) is 84.6 Å². The van der Waals surface area contributed by atoms with Crippen LogP contribution >= 0.6 is 0 Å². The number of rotatable bonds is 3. The SMILES string of the molecule is CC/C(=N/NC(=O)C(N)=O)c1ccccc1. The van der Waals surface area contributed by atoms with Crippen molar-refractivity contribution in [1.29, 1.82) is 0 Å². The number of carbonyl (C=O) groups is 2. The first kappa shape index (κ1) is 11.9. The Morgan fingerprint density at radius 2 is 1.94 bits per heavy atom. The van der Waals surface area contributed by atoms with Gasteiger partial charge in [0.2, 0.25) is 0 Å². The normalized spacial score (nSPS) is 10.9. The van der Waals surface area contributed by atoms with Crippen molar-refractivity contribution in [3.63, 3.8) is 0 Å². The molecule has 5 heteroatoms. The highest BCUT2D eigenvalue weighted by Gasteiger charge is 2.07. The largest absolute Gasteiger partial charge is 0.361 e. The smallest absolute Gasteiger partial charge is 0.329 e. The molecular weight excluding hydrogens is 206 g/mol. The average Bonchev–Trinajstić information content (AvgIpc) is 2.30. The van der Waals surface area contributed by atoms with Crippen LogP contribution in [0.4, 0.5) is 0 Å². The first-order chi connectivity index (χ1) is 7.65. The molecule has 2 amide bonds. The van der Waals surface area contributed by atoms with Crippen LogP contribution in [0.25, 0.3) is 0 Å². The van der Waals surface area contributed by atoms with Crippen LogP contribution in [0.15, 0.2) is 35.4 Å². The van der Waals surface area contributed by atoms with E-state index in [1.54, 1.807) is 0 Å². The Morgan fingerprint density at radius 1 is 1.31 bits per heavy atom. The molecule has 5 nitrogen and oxygen atoms in total. The van der Waals surface area contributed by atoms with Crippen molar-refractivity contribution >= 4 is 17.5 Å². The van der Waals surface area contributed by atoms with Crippen molar-refractivity contribution in [1.82, 2.24) is 5.43 Å². The van der Waals surface area contributed by atoms with Gasteiger partial charge in [0, 0.05) is 0 Å². The number of hydrogen-bond donors (Lipinski definition) is 2. The number of nitrogens with two attached hydrogens (primary N) is 1.